The van der Waals surface area contributed by atoms with Gasteiger partial charge in [0.25, 0.3) is 0 Å². The average Bonchev–Trinajstić information content (AvgIpc) is 3.04. The smallest absolute Gasteiger partial charge is 0.0152 e. The van der Waals surface area contributed by atoms with Gasteiger partial charge < -0.3 is 0 Å². The molecule has 2 aliphatic carbocycles. The third-order valence-electron chi connectivity index (χ3n) is 12.0. The van der Waals surface area contributed by atoms with Crippen LogP contribution in [0.25, 0.3) is 23.3 Å². The highest BCUT2D eigenvalue weighted by atomic mass is 32.2. The van der Waals surface area contributed by atoms with E-state index in [2.05, 4.69) is 168 Å². The van der Waals surface area contributed by atoms with E-state index in [4.69, 9.17) is 0 Å². The molecule has 0 fully saturated rings. The molecule has 0 N–H and O–H groups in total. The van der Waals surface area contributed by atoms with Crippen LogP contribution in [0.1, 0.15) is 151 Å². The molecule has 0 radical (unpaired) electrons. The number of hydrogen-bond donors (Lipinski definition) is 0. The van der Waals surface area contributed by atoms with E-state index in [1.165, 1.54) is 102 Å². The molecule has 0 heterocycles. The summed E-state index contributed by atoms with van der Waals surface area (Å²) in [7, 11) is 0. The predicted molar refractivity (Wildman–Crippen MR) is 217 cm³/mol. The van der Waals surface area contributed by atoms with Crippen molar-refractivity contribution in [3.63, 3.8) is 0 Å². The van der Waals surface area contributed by atoms with Crippen molar-refractivity contribution in [2.45, 2.75) is 140 Å². The van der Waals surface area contributed by atoms with Crippen molar-refractivity contribution in [3.05, 3.63) is 128 Å². The zero-order chi connectivity index (χ0) is 35.5. The Hall–Kier alpha value is -3.29. The molecule has 0 nitrogen and oxygen atoms in total. The van der Waals surface area contributed by atoms with Gasteiger partial charge in [-0.25, -0.2) is 0 Å². The average molecular weight is 667 g/mol. The largest absolute Gasteiger partial charge is 0.0895 e. The van der Waals surface area contributed by atoms with E-state index in [1.54, 1.807) is 0 Å². The van der Waals surface area contributed by atoms with Crippen LogP contribution in [0, 0.1) is 13.8 Å². The molecule has 49 heavy (non-hydrogen) atoms. The van der Waals surface area contributed by atoms with Gasteiger partial charge in [0.1, 0.15) is 0 Å². The van der Waals surface area contributed by atoms with Gasteiger partial charge in [-0.3, -0.25) is 0 Å². The van der Waals surface area contributed by atoms with Gasteiger partial charge in [0.15, 0.2) is 0 Å². The standard InChI is InChI=1S/C48H58S/c1-31(37-15-17-39-41(29-37)47(9,10)23-21-45(39,5)6)25-35-13-19-43(33(3)27-35)49-44-20-14-36(28-34(44)4)26-32(2)38-16-18-40-42(30-38)48(11,12)24-22-46(40,7)8/h13-20,25-30H,21-24H2,1-12H3. The van der Waals surface area contributed by atoms with E-state index in [9.17, 15) is 0 Å². The minimum absolute atomic E-state index is 0.221. The molecule has 0 amide bonds. The summed E-state index contributed by atoms with van der Waals surface area (Å²) >= 11 is 1.88. The minimum atomic E-state index is 0.221. The number of aryl methyl sites for hydroxylation is 2. The molecule has 4 aromatic rings. The Kier molecular flexibility index (Phi) is 9.28. The predicted octanol–water partition coefficient (Wildman–Crippen LogP) is 14.3. The second kappa shape index (κ2) is 12.8. The summed E-state index contributed by atoms with van der Waals surface area (Å²) in [5.74, 6) is 0. The number of benzene rings is 4. The van der Waals surface area contributed by atoms with E-state index in [-0.39, 0.29) is 21.7 Å². The van der Waals surface area contributed by atoms with E-state index in [0.29, 0.717) is 0 Å². The van der Waals surface area contributed by atoms with Gasteiger partial charge in [-0.2, -0.15) is 0 Å². The van der Waals surface area contributed by atoms with Crippen LogP contribution in [0.15, 0.2) is 82.6 Å². The fourth-order valence-electron chi connectivity index (χ4n) is 8.21. The van der Waals surface area contributed by atoms with Crippen LogP contribution in [0.5, 0.6) is 0 Å². The van der Waals surface area contributed by atoms with E-state index >= 15 is 0 Å². The van der Waals surface area contributed by atoms with Crippen LogP contribution < -0.4 is 0 Å². The summed E-state index contributed by atoms with van der Waals surface area (Å²) in [5, 5.41) is 0. The molecule has 0 atom stereocenters. The number of hydrogen-bond acceptors (Lipinski definition) is 1. The zero-order valence-corrected chi connectivity index (χ0v) is 33.1. The van der Waals surface area contributed by atoms with E-state index < -0.39 is 0 Å². The molecule has 256 valence electrons. The van der Waals surface area contributed by atoms with E-state index in [0.717, 1.165) is 0 Å². The summed E-state index contributed by atoms with van der Waals surface area (Å²) in [6.07, 6.45) is 9.67. The maximum Gasteiger partial charge on any atom is 0.0152 e. The summed E-state index contributed by atoms with van der Waals surface area (Å²) in [4.78, 5) is 2.63. The summed E-state index contributed by atoms with van der Waals surface area (Å²) in [5.41, 5.74) is 17.5. The molecule has 1 heteroatoms. The van der Waals surface area contributed by atoms with Gasteiger partial charge in [-0.1, -0.05) is 140 Å². The van der Waals surface area contributed by atoms with Crippen molar-refractivity contribution in [2.24, 2.45) is 0 Å². The number of allylic oxidation sites excluding steroid dienone is 2. The van der Waals surface area contributed by atoms with Gasteiger partial charge in [-0.15, -0.1) is 0 Å². The highest BCUT2D eigenvalue weighted by molar-refractivity contribution is 7.99. The first-order valence-corrected chi connectivity index (χ1v) is 19.2. The van der Waals surface area contributed by atoms with Crippen molar-refractivity contribution in [2.75, 3.05) is 0 Å². The topological polar surface area (TPSA) is 0 Å². The van der Waals surface area contributed by atoms with Crippen molar-refractivity contribution in [1.29, 1.82) is 0 Å². The van der Waals surface area contributed by atoms with Crippen molar-refractivity contribution < 1.29 is 0 Å². The molecule has 6 rings (SSSR count). The normalized spacial score (nSPS) is 19.3. The molecule has 0 aromatic heterocycles. The van der Waals surface area contributed by atoms with Gasteiger partial charge in [-0.05, 0) is 154 Å². The molecule has 0 spiro atoms. The molecule has 0 bridgehead atoms. The molecular formula is C48H58S. The second-order valence-electron chi connectivity index (χ2n) is 17.9. The third-order valence-corrected chi connectivity index (χ3v) is 13.4. The van der Waals surface area contributed by atoms with Crippen LogP contribution in [0.3, 0.4) is 0 Å². The van der Waals surface area contributed by atoms with Crippen LogP contribution in [-0.4, -0.2) is 0 Å². The number of fused-ring (bicyclic) bond motifs is 2. The highest BCUT2D eigenvalue weighted by Gasteiger charge is 2.38. The molecule has 0 saturated heterocycles. The molecule has 0 unspecified atom stereocenters. The summed E-state index contributed by atoms with van der Waals surface area (Å²) in [6, 6.07) is 28.2. The Morgan fingerprint density at radius 3 is 1.16 bits per heavy atom. The lowest BCUT2D eigenvalue weighted by molar-refractivity contribution is 0.332. The lowest BCUT2D eigenvalue weighted by Gasteiger charge is -2.42. The Labute approximate surface area is 302 Å². The van der Waals surface area contributed by atoms with Crippen LogP contribution in [0.4, 0.5) is 0 Å². The van der Waals surface area contributed by atoms with Gasteiger partial charge in [0, 0.05) is 9.79 Å². The first kappa shape index (κ1) is 35.5. The maximum absolute atomic E-state index is 2.47. The Balaban J connectivity index is 1.19. The second-order valence-corrected chi connectivity index (χ2v) is 18.9. The molecule has 4 aromatic carbocycles. The van der Waals surface area contributed by atoms with Crippen LogP contribution in [0.2, 0.25) is 0 Å². The third kappa shape index (κ3) is 7.16. The Bertz CT molecular complexity index is 1830. The zero-order valence-electron chi connectivity index (χ0n) is 32.3. The van der Waals surface area contributed by atoms with Crippen molar-refractivity contribution in [1.82, 2.24) is 0 Å². The fraction of sp³-hybridized carbons (Fsp3) is 0.417. The quantitative estimate of drug-likeness (QED) is 0.185. The summed E-state index contributed by atoms with van der Waals surface area (Å²) in [6.45, 7) is 28.3. The molecular weight excluding hydrogens is 609 g/mol. The highest BCUT2D eigenvalue weighted by Crippen LogP contribution is 2.48. The summed E-state index contributed by atoms with van der Waals surface area (Å²) < 4.78 is 0. The van der Waals surface area contributed by atoms with Crippen molar-refractivity contribution in [3.8, 4) is 0 Å². The lowest BCUT2D eigenvalue weighted by Crippen LogP contribution is -2.33. The van der Waals surface area contributed by atoms with Crippen LogP contribution >= 0.6 is 11.8 Å². The fourth-order valence-corrected chi connectivity index (χ4v) is 9.16. The van der Waals surface area contributed by atoms with E-state index in [1.807, 2.05) is 11.8 Å². The lowest BCUT2D eigenvalue weighted by atomic mass is 9.63. The van der Waals surface area contributed by atoms with Gasteiger partial charge in [0.2, 0.25) is 0 Å². The van der Waals surface area contributed by atoms with Crippen LogP contribution in [-0.2, 0) is 21.7 Å². The molecule has 0 aliphatic heterocycles. The van der Waals surface area contributed by atoms with Crippen molar-refractivity contribution >= 4 is 35.1 Å². The Morgan fingerprint density at radius 2 is 0.816 bits per heavy atom. The molecule has 0 saturated carbocycles. The molecule has 2 aliphatic rings. The first-order valence-electron chi connectivity index (χ1n) is 18.4. The Morgan fingerprint density at radius 1 is 0.469 bits per heavy atom. The maximum atomic E-state index is 2.47. The minimum Gasteiger partial charge on any atom is -0.0895 e. The number of rotatable bonds is 6. The first-order chi connectivity index (χ1) is 22.9. The monoisotopic (exact) mass is 666 g/mol. The van der Waals surface area contributed by atoms with Gasteiger partial charge in [0.05, 0.1) is 0 Å². The SMILES string of the molecule is CC(=Cc1ccc(Sc2ccc(C=C(C)c3ccc4c(c3)C(C)(C)CCC4(C)C)cc2C)c(C)c1)c1ccc2c(c1)C(C)(C)CCC2(C)C. The van der Waals surface area contributed by atoms with Gasteiger partial charge >= 0.3 is 0 Å².